The number of halogens is 3. The Bertz CT molecular complexity index is 1910. The van der Waals surface area contributed by atoms with Gasteiger partial charge in [-0.2, -0.15) is 13.2 Å². The molecule has 0 aliphatic carbocycles. The zero-order valence-electron chi connectivity index (χ0n) is 24.3. The number of anilines is 2. The molecule has 9 nitrogen and oxygen atoms in total. The number of hydrogen-bond donors (Lipinski definition) is 2. The number of hydrogen-bond acceptors (Lipinski definition) is 8. The molecular formula is C32H26F3N3O6S2. The number of aryl methyl sites for hydroxylation is 1. The van der Waals surface area contributed by atoms with E-state index in [9.17, 15) is 32.3 Å². The number of alkyl halides is 3. The first-order valence-corrected chi connectivity index (χ1v) is 15.9. The average Bonchev–Trinajstić information content (AvgIpc) is 3.51. The first kappa shape index (κ1) is 31.4. The van der Waals surface area contributed by atoms with Gasteiger partial charge in [-0.15, -0.1) is 0 Å². The SMILES string of the molecule is CCOc1cc(C2c3sc(=O)[nH]c3SC3C(=O)N(c4cccc(C(F)(F)F)c4)C(=O)C32)ccc1OCC(=O)Nc1ccccc1C. The normalized spacial score (nSPS) is 19.1. The third-order valence-electron chi connectivity index (χ3n) is 7.66. The van der Waals surface area contributed by atoms with E-state index in [2.05, 4.69) is 10.3 Å². The number of rotatable bonds is 8. The van der Waals surface area contributed by atoms with Crippen LogP contribution in [-0.4, -0.2) is 41.2 Å². The number of nitrogens with one attached hydrogen (secondary N) is 2. The summed E-state index contributed by atoms with van der Waals surface area (Å²) in [6.07, 6.45) is -4.67. The summed E-state index contributed by atoms with van der Waals surface area (Å²) in [7, 11) is 0. The Kier molecular flexibility index (Phi) is 8.42. The molecule has 2 aliphatic rings. The molecule has 3 atom stereocenters. The molecule has 238 valence electrons. The predicted octanol–water partition coefficient (Wildman–Crippen LogP) is 5.98. The molecule has 0 bridgehead atoms. The quantitative estimate of drug-likeness (QED) is 0.222. The topological polar surface area (TPSA) is 118 Å². The number of thioether (sulfide) groups is 1. The highest BCUT2D eigenvalue weighted by atomic mass is 32.2. The molecule has 2 N–H and O–H groups in total. The fraction of sp³-hybridized carbons (Fsp3) is 0.250. The van der Waals surface area contributed by atoms with Crippen LogP contribution >= 0.6 is 23.1 Å². The first-order valence-electron chi connectivity index (χ1n) is 14.2. The molecule has 3 unspecified atom stereocenters. The highest BCUT2D eigenvalue weighted by Gasteiger charge is 2.56. The number of ether oxygens (including phenoxy) is 2. The third-order valence-corrected chi connectivity index (χ3v) is 10.1. The summed E-state index contributed by atoms with van der Waals surface area (Å²) in [6.45, 7) is 3.55. The van der Waals surface area contributed by atoms with Crippen molar-refractivity contribution in [2.75, 3.05) is 23.4 Å². The van der Waals surface area contributed by atoms with Gasteiger partial charge in [-0.25, -0.2) is 4.90 Å². The molecule has 3 heterocycles. The number of benzene rings is 3. The molecule has 3 amide bonds. The van der Waals surface area contributed by atoms with E-state index in [-0.39, 0.29) is 41.2 Å². The number of thiazole rings is 1. The van der Waals surface area contributed by atoms with Gasteiger partial charge in [0.05, 0.1) is 28.8 Å². The first-order chi connectivity index (χ1) is 22.0. The maximum atomic E-state index is 14.0. The fourth-order valence-electron chi connectivity index (χ4n) is 5.60. The number of carbonyl (C=O) groups excluding carboxylic acids is 3. The molecule has 1 fully saturated rings. The third kappa shape index (κ3) is 5.89. The second-order valence-electron chi connectivity index (χ2n) is 10.6. The van der Waals surface area contributed by atoms with Crippen molar-refractivity contribution in [3.8, 4) is 11.5 Å². The van der Waals surface area contributed by atoms with E-state index in [0.717, 1.165) is 51.8 Å². The maximum absolute atomic E-state index is 14.0. The van der Waals surface area contributed by atoms with Gasteiger partial charge in [0.25, 0.3) is 5.91 Å². The summed E-state index contributed by atoms with van der Waals surface area (Å²) in [5.41, 5.74) is 0.893. The molecular weight excluding hydrogens is 643 g/mol. The number of carbonyl (C=O) groups is 3. The van der Waals surface area contributed by atoms with Gasteiger partial charge < -0.3 is 19.8 Å². The summed E-state index contributed by atoms with van der Waals surface area (Å²) in [4.78, 5) is 56.4. The van der Waals surface area contributed by atoms with Crippen LogP contribution in [0.15, 0.2) is 76.6 Å². The van der Waals surface area contributed by atoms with Crippen molar-refractivity contribution in [1.82, 2.24) is 4.98 Å². The highest BCUT2D eigenvalue weighted by molar-refractivity contribution is 8.00. The number of aromatic nitrogens is 1. The standard InChI is InChI=1S/C32H26F3N3O6S2/c1-3-43-22-13-17(11-12-21(22)44-15-23(39)36-20-10-5-4-7-16(20)2)24-25-27(45-28-26(24)46-31(42)37-28)30(41)38(29(25)40)19-9-6-8-18(14-19)32(33,34)35/h4-14,24-25,27H,3,15H2,1-2H3,(H,36,39)(H,37,42). The molecule has 3 aromatic carbocycles. The van der Waals surface area contributed by atoms with Crippen molar-refractivity contribution in [2.45, 2.75) is 36.2 Å². The van der Waals surface area contributed by atoms with Crippen molar-refractivity contribution < 1.29 is 37.0 Å². The molecule has 6 rings (SSSR count). The summed E-state index contributed by atoms with van der Waals surface area (Å²) in [5, 5.41) is 2.21. The van der Waals surface area contributed by atoms with Gasteiger partial charge in [-0.3, -0.25) is 19.2 Å². The van der Waals surface area contributed by atoms with E-state index in [1.807, 2.05) is 19.1 Å². The second-order valence-corrected chi connectivity index (χ2v) is 12.8. The number of aromatic amines is 1. The summed E-state index contributed by atoms with van der Waals surface area (Å²) < 4.78 is 52.1. The minimum absolute atomic E-state index is 0.182. The zero-order valence-corrected chi connectivity index (χ0v) is 26.0. The molecule has 0 saturated carbocycles. The van der Waals surface area contributed by atoms with Crippen LogP contribution in [0.2, 0.25) is 0 Å². The van der Waals surface area contributed by atoms with Crippen LogP contribution in [0, 0.1) is 12.8 Å². The predicted molar refractivity (Wildman–Crippen MR) is 167 cm³/mol. The van der Waals surface area contributed by atoms with Crippen molar-refractivity contribution in [2.24, 2.45) is 5.92 Å². The van der Waals surface area contributed by atoms with Crippen LogP contribution in [-0.2, 0) is 20.6 Å². The molecule has 0 radical (unpaired) electrons. The summed E-state index contributed by atoms with van der Waals surface area (Å²) in [6, 6.07) is 16.3. The van der Waals surface area contributed by atoms with Crippen LogP contribution in [0.5, 0.6) is 11.5 Å². The van der Waals surface area contributed by atoms with Crippen LogP contribution in [0.1, 0.15) is 34.4 Å². The van der Waals surface area contributed by atoms with E-state index >= 15 is 0 Å². The van der Waals surface area contributed by atoms with Gasteiger partial charge in [0.15, 0.2) is 18.1 Å². The Hall–Kier alpha value is -4.56. The Morgan fingerprint density at radius 2 is 1.76 bits per heavy atom. The summed E-state index contributed by atoms with van der Waals surface area (Å²) >= 11 is 1.92. The van der Waals surface area contributed by atoms with E-state index in [0.29, 0.717) is 21.2 Å². The lowest BCUT2D eigenvalue weighted by atomic mass is 9.83. The molecule has 14 heteroatoms. The number of H-pyrrole nitrogens is 1. The van der Waals surface area contributed by atoms with Gasteiger partial charge >= 0.3 is 11.0 Å². The van der Waals surface area contributed by atoms with Gasteiger partial charge in [0, 0.05) is 16.5 Å². The smallest absolute Gasteiger partial charge is 0.416 e. The van der Waals surface area contributed by atoms with Crippen molar-refractivity contribution in [3.05, 3.63) is 98.0 Å². The molecule has 0 spiro atoms. The van der Waals surface area contributed by atoms with Gasteiger partial charge in [0.1, 0.15) is 5.25 Å². The number of para-hydroxylation sites is 1. The number of amides is 3. The van der Waals surface area contributed by atoms with E-state index in [1.165, 1.54) is 6.07 Å². The van der Waals surface area contributed by atoms with Gasteiger partial charge in [-0.05, 0) is 61.4 Å². The van der Waals surface area contributed by atoms with E-state index in [4.69, 9.17) is 9.47 Å². The fourth-order valence-corrected chi connectivity index (χ4v) is 8.12. The number of fused-ring (bicyclic) bond motifs is 2. The Morgan fingerprint density at radius 3 is 2.50 bits per heavy atom. The largest absolute Gasteiger partial charge is 0.490 e. The van der Waals surface area contributed by atoms with Gasteiger partial charge in [-0.1, -0.05) is 53.4 Å². The lowest BCUT2D eigenvalue weighted by molar-refractivity contribution is -0.137. The second kappa shape index (κ2) is 12.3. The van der Waals surface area contributed by atoms with E-state index < -0.39 is 40.6 Å². The number of imide groups is 1. The van der Waals surface area contributed by atoms with Crippen LogP contribution < -0.4 is 24.6 Å². The molecule has 4 aromatic rings. The Labute approximate surface area is 268 Å². The monoisotopic (exact) mass is 669 g/mol. The zero-order chi connectivity index (χ0) is 32.7. The molecule has 1 saturated heterocycles. The molecule has 46 heavy (non-hydrogen) atoms. The maximum Gasteiger partial charge on any atom is 0.416 e. The van der Waals surface area contributed by atoms with Crippen LogP contribution in [0.4, 0.5) is 24.5 Å². The van der Waals surface area contributed by atoms with Crippen molar-refractivity contribution in [1.29, 1.82) is 0 Å². The lowest BCUT2D eigenvalue weighted by Crippen LogP contribution is -2.32. The van der Waals surface area contributed by atoms with Crippen molar-refractivity contribution in [3.63, 3.8) is 0 Å². The van der Waals surface area contributed by atoms with Crippen LogP contribution in [0.25, 0.3) is 0 Å². The van der Waals surface area contributed by atoms with Crippen LogP contribution in [0.3, 0.4) is 0 Å². The Balaban J connectivity index is 1.33. The average molecular weight is 670 g/mol. The lowest BCUT2D eigenvalue weighted by Gasteiger charge is -2.30. The van der Waals surface area contributed by atoms with Crippen molar-refractivity contribution >= 4 is 52.2 Å². The van der Waals surface area contributed by atoms with Gasteiger partial charge in [0.2, 0.25) is 11.8 Å². The molecule has 2 aliphatic heterocycles. The summed E-state index contributed by atoms with van der Waals surface area (Å²) in [5.74, 6) is -3.03. The minimum atomic E-state index is -4.67. The molecule has 1 aromatic heterocycles. The Morgan fingerprint density at radius 1 is 0.978 bits per heavy atom. The van der Waals surface area contributed by atoms with E-state index in [1.54, 1.807) is 37.3 Å². The minimum Gasteiger partial charge on any atom is -0.490 e. The number of nitrogens with zero attached hydrogens (tertiary/aromatic N) is 1. The highest BCUT2D eigenvalue weighted by Crippen LogP contribution is 2.54.